The van der Waals surface area contributed by atoms with E-state index in [1.165, 1.54) is 12.1 Å². The van der Waals surface area contributed by atoms with Crippen molar-refractivity contribution >= 4 is 10.1 Å². The number of halogens is 6. The first-order valence-corrected chi connectivity index (χ1v) is 7.98. The van der Waals surface area contributed by atoms with Crippen LogP contribution in [-0.2, 0) is 22.5 Å². The third kappa shape index (κ3) is 4.45. The summed E-state index contributed by atoms with van der Waals surface area (Å²) in [4.78, 5) is -0.595. The molecule has 2 rings (SSSR count). The minimum absolute atomic E-state index is 0.0882. The maximum absolute atomic E-state index is 12.8. The highest BCUT2D eigenvalue weighted by molar-refractivity contribution is 7.87. The van der Waals surface area contributed by atoms with Gasteiger partial charge in [0.25, 0.3) is 0 Å². The van der Waals surface area contributed by atoms with Crippen molar-refractivity contribution in [3.8, 4) is 11.8 Å². The number of rotatable bonds is 3. The van der Waals surface area contributed by atoms with E-state index >= 15 is 0 Å². The minimum atomic E-state index is -5.15. The third-order valence-corrected chi connectivity index (χ3v) is 4.26. The van der Waals surface area contributed by atoms with Crippen molar-refractivity contribution < 1.29 is 38.9 Å². The molecule has 138 valence electrons. The number of nitriles is 1. The van der Waals surface area contributed by atoms with Gasteiger partial charge in [0.2, 0.25) is 0 Å². The zero-order chi connectivity index (χ0) is 19.8. The van der Waals surface area contributed by atoms with Gasteiger partial charge < -0.3 is 4.18 Å². The van der Waals surface area contributed by atoms with Crippen LogP contribution < -0.4 is 4.18 Å². The Labute approximate surface area is 143 Å². The summed E-state index contributed by atoms with van der Waals surface area (Å²) in [5, 5.41) is 8.73. The van der Waals surface area contributed by atoms with Crippen molar-refractivity contribution in [3.63, 3.8) is 0 Å². The SMILES string of the molecule is N#Cc1cccc(S(=O)(=O)Oc2cc(C(F)(F)F)cc(C(F)(F)F)c2)c1. The van der Waals surface area contributed by atoms with Crippen LogP contribution in [0.2, 0.25) is 0 Å². The molecule has 0 amide bonds. The minimum Gasteiger partial charge on any atom is -0.379 e. The molecule has 0 saturated carbocycles. The molecule has 0 aromatic heterocycles. The van der Waals surface area contributed by atoms with E-state index in [0.717, 1.165) is 12.1 Å². The molecule has 0 radical (unpaired) electrons. The number of nitrogens with zero attached hydrogens (tertiary/aromatic N) is 1. The molecule has 0 bridgehead atoms. The van der Waals surface area contributed by atoms with Gasteiger partial charge in [-0.25, -0.2) is 0 Å². The number of benzene rings is 2. The molecule has 26 heavy (non-hydrogen) atoms. The Balaban J connectivity index is 2.52. The first-order valence-electron chi connectivity index (χ1n) is 6.57. The summed E-state index contributed by atoms with van der Waals surface area (Å²) in [6, 6.07) is 6.04. The van der Waals surface area contributed by atoms with Gasteiger partial charge in [0.05, 0.1) is 22.8 Å². The molecule has 0 N–H and O–H groups in total. The van der Waals surface area contributed by atoms with E-state index in [4.69, 9.17) is 5.26 Å². The second kappa shape index (κ2) is 6.53. The molecule has 0 heterocycles. The van der Waals surface area contributed by atoms with E-state index < -0.39 is 44.2 Å². The smallest absolute Gasteiger partial charge is 0.379 e. The lowest BCUT2D eigenvalue weighted by Crippen LogP contribution is -2.14. The van der Waals surface area contributed by atoms with Gasteiger partial charge in [-0.3, -0.25) is 0 Å². The Morgan fingerprint density at radius 2 is 1.42 bits per heavy atom. The molecule has 0 unspecified atom stereocenters. The van der Waals surface area contributed by atoms with Crippen LogP contribution in [0.15, 0.2) is 47.4 Å². The third-order valence-electron chi connectivity index (χ3n) is 3.02. The Bertz CT molecular complexity index is 942. The quantitative estimate of drug-likeness (QED) is 0.572. The van der Waals surface area contributed by atoms with Crippen LogP contribution in [0.25, 0.3) is 0 Å². The zero-order valence-corrected chi connectivity index (χ0v) is 13.2. The topological polar surface area (TPSA) is 67.2 Å². The van der Waals surface area contributed by atoms with Crippen molar-refractivity contribution in [1.29, 1.82) is 5.26 Å². The van der Waals surface area contributed by atoms with Crippen molar-refractivity contribution in [2.45, 2.75) is 17.2 Å². The van der Waals surface area contributed by atoms with E-state index in [2.05, 4.69) is 4.18 Å². The summed E-state index contributed by atoms with van der Waals surface area (Å²) >= 11 is 0. The van der Waals surface area contributed by atoms with Crippen molar-refractivity contribution in [2.75, 3.05) is 0 Å². The summed E-state index contributed by atoms with van der Waals surface area (Å²) in [6.45, 7) is 0. The molecule has 2 aromatic carbocycles. The van der Waals surface area contributed by atoms with Crippen molar-refractivity contribution in [3.05, 3.63) is 59.2 Å². The summed E-state index contributed by atoms with van der Waals surface area (Å²) in [5.41, 5.74) is -3.53. The van der Waals surface area contributed by atoms with Gasteiger partial charge >= 0.3 is 22.5 Å². The van der Waals surface area contributed by atoms with Gasteiger partial charge in [0.15, 0.2) is 0 Å². The second-order valence-electron chi connectivity index (χ2n) is 4.92. The average Bonchev–Trinajstić information content (AvgIpc) is 2.52. The largest absolute Gasteiger partial charge is 0.416 e. The summed E-state index contributed by atoms with van der Waals surface area (Å²) in [6.07, 6.45) is -10.3. The molecule has 11 heteroatoms. The number of alkyl halides is 6. The normalized spacial score (nSPS) is 12.5. The van der Waals surface area contributed by atoms with Crippen LogP contribution in [0.5, 0.6) is 5.75 Å². The van der Waals surface area contributed by atoms with Crippen LogP contribution in [0, 0.1) is 11.3 Å². The standard InChI is InChI=1S/C15H7F6NO3S/c16-14(17,18)10-5-11(15(19,20)21)7-12(6-10)25-26(23,24)13-3-1-2-9(4-13)8-22/h1-7H. The van der Waals surface area contributed by atoms with Gasteiger partial charge in [-0.05, 0) is 36.4 Å². The van der Waals surface area contributed by atoms with E-state index in [9.17, 15) is 34.8 Å². The zero-order valence-electron chi connectivity index (χ0n) is 12.4. The lowest BCUT2D eigenvalue weighted by molar-refractivity contribution is -0.143. The molecule has 0 atom stereocenters. The van der Waals surface area contributed by atoms with Crippen LogP contribution >= 0.6 is 0 Å². The van der Waals surface area contributed by atoms with Gasteiger partial charge in [0.1, 0.15) is 10.6 Å². The monoisotopic (exact) mass is 395 g/mol. The molecule has 0 spiro atoms. The maximum atomic E-state index is 12.8. The van der Waals surface area contributed by atoms with Gasteiger partial charge in [-0.2, -0.15) is 40.0 Å². The second-order valence-corrected chi connectivity index (χ2v) is 6.46. The fourth-order valence-corrected chi connectivity index (χ4v) is 2.83. The molecule has 0 saturated heterocycles. The fraction of sp³-hybridized carbons (Fsp3) is 0.133. The fourth-order valence-electron chi connectivity index (χ4n) is 1.87. The van der Waals surface area contributed by atoms with Crippen molar-refractivity contribution in [2.24, 2.45) is 0 Å². The molecule has 4 nitrogen and oxygen atoms in total. The summed E-state index contributed by atoms with van der Waals surface area (Å²) in [5.74, 6) is -1.16. The Morgan fingerprint density at radius 1 is 0.885 bits per heavy atom. The molecular weight excluding hydrogens is 388 g/mol. The predicted molar refractivity (Wildman–Crippen MR) is 75.4 cm³/mol. The van der Waals surface area contributed by atoms with E-state index in [0.29, 0.717) is 0 Å². The summed E-state index contributed by atoms with van der Waals surface area (Å²) < 4.78 is 105. The number of hydrogen-bond donors (Lipinski definition) is 0. The molecule has 0 aliphatic rings. The molecule has 0 aliphatic carbocycles. The van der Waals surface area contributed by atoms with Gasteiger partial charge in [0, 0.05) is 0 Å². The lowest BCUT2D eigenvalue weighted by Gasteiger charge is -2.14. The first kappa shape index (κ1) is 19.6. The highest BCUT2D eigenvalue weighted by atomic mass is 32.2. The van der Waals surface area contributed by atoms with Crippen LogP contribution in [0.4, 0.5) is 26.3 Å². The molecular formula is C15H7F6NO3S. The van der Waals surface area contributed by atoms with Crippen LogP contribution in [-0.4, -0.2) is 8.42 Å². The van der Waals surface area contributed by atoms with E-state index in [1.807, 2.05) is 0 Å². The molecule has 2 aromatic rings. The Kier molecular flexibility index (Phi) is 4.92. The van der Waals surface area contributed by atoms with E-state index in [-0.39, 0.29) is 23.8 Å². The molecule has 0 fully saturated rings. The highest BCUT2D eigenvalue weighted by Gasteiger charge is 2.37. The van der Waals surface area contributed by atoms with E-state index in [1.54, 1.807) is 6.07 Å². The molecule has 0 aliphatic heterocycles. The number of hydrogen-bond acceptors (Lipinski definition) is 4. The average molecular weight is 395 g/mol. The predicted octanol–water partition coefficient (Wildman–Crippen LogP) is 4.36. The van der Waals surface area contributed by atoms with Crippen LogP contribution in [0.3, 0.4) is 0 Å². The van der Waals surface area contributed by atoms with Gasteiger partial charge in [-0.1, -0.05) is 6.07 Å². The Hall–Kier alpha value is -2.74. The summed E-state index contributed by atoms with van der Waals surface area (Å²) in [7, 11) is -4.76. The first-order chi connectivity index (χ1) is 11.8. The van der Waals surface area contributed by atoms with Gasteiger partial charge in [-0.15, -0.1) is 0 Å². The highest BCUT2D eigenvalue weighted by Crippen LogP contribution is 2.38. The van der Waals surface area contributed by atoms with Crippen molar-refractivity contribution in [1.82, 2.24) is 0 Å². The van der Waals surface area contributed by atoms with Crippen LogP contribution in [0.1, 0.15) is 16.7 Å². The lowest BCUT2D eigenvalue weighted by atomic mass is 10.1. The maximum Gasteiger partial charge on any atom is 0.416 e. The Morgan fingerprint density at radius 3 is 1.88 bits per heavy atom.